The molecule has 0 aliphatic carbocycles. The Hall–Kier alpha value is -1.58. The van der Waals surface area contributed by atoms with Crippen molar-refractivity contribution < 1.29 is 19.1 Å². The number of carbonyl (C=O) groups is 2. The van der Waals surface area contributed by atoms with Crippen LogP contribution in [0.15, 0.2) is 25.5 Å². The molecule has 0 atom stereocenters. The average Bonchev–Trinajstić information content (AvgIpc) is 2.70. The first-order valence-corrected chi connectivity index (χ1v) is 11.6. The van der Waals surface area contributed by atoms with Crippen LogP contribution in [0, 0.1) is 0 Å². The molecular formula is C25H46O4. The van der Waals surface area contributed by atoms with Crippen molar-refractivity contribution in [3.05, 3.63) is 25.5 Å². The first-order valence-electron chi connectivity index (χ1n) is 11.6. The number of rotatable bonds is 19. The van der Waals surface area contributed by atoms with Crippen molar-refractivity contribution >= 4 is 11.9 Å². The van der Waals surface area contributed by atoms with Crippen molar-refractivity contribution in [3.8, 4) is 0 Å². The van der Waals surface area contributed by atoms with Crippen LogP contribution in [0.25, 0.3) is 0 Å². The first kappa shape index (κ1) is 29.6. The van der Waals surface area contributed by atoms with E-state index in [0.717, 1.165) is 12.8 Å². The van der Waals surface area contributed by atoms with E-state index in [0.29, 0.717) is 13.0 Å². The van der Waals surface area contributed by atoms with E-state index in [1.807, 2.05) is 0 Å². The molecule has 0 amide bonds. The molecule has 0 rings (SSSR count). The molecule has 0 unspecified atom stereocenters. The predicted octanol–water partition coefficient (Wildman–Crippen LogP) is 7.67. The average molecular weight is 411 g/mol. The van der Waals surface area contributed by atoms with Crippen LogP contribution in [-0.2, 0) is 19.1 Å². The lowest BCUT2D eigenvalue weighted by Gasteiger charge is -2.03. The highest BCUT2D eigenvalue weighted by Gasteiger charge is 2.00. The van der Waals surface area contributed by atoms with Gasteiger partial charge in [0.15, 0.2) is 0 Å². The maximum atomic E-state index is 11.1. The summed E-state index contributed by atoms with van der Waals surface area (Å²) < 4.78 is 9.12. The second-order valence-electron chi connectivity index (χ2n) is 7.45. The Bertz CT molecular complexity index is 390. The molecule has 4 heteroatoms. The van der Waals surface area contributed by atoms with Gasteiger partial charge in [-0.25, -0.2) is 0 Å². The zero-order valence-electron chi connectivity index (χ0n) is 19.2. The summed E-state index contributed by atoms with van der Waals surface area (Å²) in [5.74, 6) is -0.412. The summed E-state index contributed by atoms with van der Waals surface area (Å²) in [6, 6.07) is 0. The summed E-state index contributed by atoms with van der Waals surface area (Å²) >= 11 is 0. The minimum absolute atomic E-state index is 0.148. The first-order chi connectivity index (χ1) is 14.1. The maximum absolute atomic E-state index is 11.1. The molecule has 0 aromatic heterocycles. The van der Waals surface area contributed by atoms with E-state index in [4.69, 9.17) is 0 Å². The van der Waals surface area contributed by atoms with Crippen LogP contribution in [-0.4, -0.2) is 18.5 Å². The van der Waals surface area contributed by atoms with Crippen molar-refractivity contribution in [1.82, 2.24) is 0 Å². The Morgan fingerprint density at radius 1 is 0.724 bits per heavy atom. The van der Waals surface area contributed by atoms with Crippen LogP contribution < -0.4 is 0 Å². The van der Waals surface area contributed by atoms with Crippen LogP contribution >= 0.6 is 0 Å². The molecule has 170 valence electrons. The van der Waals surface area contributed by atoms with E-state index < -0.39 is 0 Å². The molecule has 0 spiro atoms. The van der Waals surface area contributed by atoms with Crippen molar-refractivity contribution in [2.45, 2.75) is 117 Å². The lowest BCUT2D eigenvalue weighted by molar-refractivity contribution is -0.140. The molecule has 0 fully saturated rings. The van der Waals surface area contributed by atoms with Crippen molar-refractivity contribution in [2.75, 3.05) is 6.61 Å². The molecule has 29 heavy (non-hydrogen) atoms. The zero-order chi connectivity index (χ0) is 22.0. The van der Waals surface area contributed by atoms with Crippen molar-refractivity contribution in [1.29, 1.82) is 0 Å². The van der Waals surface area contributed by atoms with Gasteiger partial charge in [-0.1, -0.05) is 116 Å². The largest absolute Gasteiger partial charge is 0.462 e. The van der Waals surface area contributed by atoms with E-state index in [1.165, 1.54) is 103 Å². The van der Waals surface area contributed by atoms with Gasteiger partial charge in [-0.15, -0.1) is 0 Å². The van der Waals surface area contributed by atoms with Crippen LogP contribution in [0.5, 0.6) is 0 Å². The summed E-state index contributed by atoms with van der Waals surface area (Å²) in [6.07, 6.45) is 23.4. The van der Waals surface area contributed by atoms with Crippen LogP contribution in [0.1, 0.15) is 117 Å². The summed E-state index contributed by atoms with van der Waals surface area (Å²) in [6.45, 7) is 10.7. The molecule has 0 saturated carbocycles. The number of hydrogen-bond acceptors (Lipinski definition) is 4. The SMILES string of the molecule is C=CCOC(C)=O.C=COC(=O)CCCCCCCCCCCCCCCCC. The van der Waals surface area contributed by atoms with Gasteiger partial charge in [0.1, 0.15) is 6.61 Å². The van der Waals surface area contributed by atoms with E-state index in [2.05, 4.69) is 29.6 Å². The Morgan fingerprint density at radius 3 is 1.45 bits per heavy atom. The Labute approximate surface area is 180 Å². The summed E-state index contributed by atoms with van der Waals surface area (Å²) in [5.41, 5.74) is 0. The quantitative estimate of drug-likeness (QED) is 0.0948. The van der Waals surface area contributed by atoms with Crippen molar-refractivity contribution in [3.63, 3.8) is 0 Å². The molecule has 0 radical (unpaired) electrons. The fraction of sp³-hybridized carbons (Fsp3) is 0.760. The molecule has 0 saturated heterocycles. The topological polar surface area (TPSA) is 52.6 Å². The number of ether oxygens (including phenoxy) is 2. The molecule has 0 bridgehead atoms. The molecule has 4 nitrogen and oxygen atoms in total. The van der Waals surface area contributed by atoms with E-state index in [-0.39, 0.29) is 11.9 Å². The second kappa shape index (κ2) is 26.4. The van der Waals surface area contributed by atoms with Gasteiger partial charge in [0, 0.05) is 13.3 Å². The van der Waals surface area contributed by atoms with Crippen LogP contribution in [0.3, 0.4) is 0 Å². The number of carbonyl (C=O) groups excluding carboxylic acids is 2. The predicted molar refractivity (Wildman–Crippen MR) is 123 cm³/mol. The third kappa shape index (κ3) is 31.3. The molecule has 0 aliphatic heterocycles. The third-order valence-electron chi connectivity index (χ3n) is 4.60. The zero-order valence-corrected chi connectivity index (χ0v) is 19.2. The second-order valence-corrected chi connectivity index (χ2v) is 7.45. The molecule has 0 N–H and O–H groups in total. The molecule has 0 aromatic carbocycles. The van der Waals surface area contributed by atoms with Gasteiger partial charge in [0.25, 0.3) is 0 Å². The number of esters is 2. The standard InChI is InChI=1S/C20H38O2.C5H8O2/c1-3-5-6-7-8-9-10-11-12-13-14-15-16-17-18-19-20(21)22-4-2;1-3-4-7-5(2)6/h4H,2-3,5-19H2,1H3;3H,1,4H2,2H3. The highest BCUT2D eigenvalue weighted by molar-refractivity contribution is 5.69. The minimum Gasteiger partial charge on any atom is -0.462 e. The van der Waals surface area contributed by atoms with Gasteiger partial charge in [0.05, 0.1) is 6.26 Å². The van der Waals surface area contributed by atoms with Gasteiger partial charge in [-0.2, -0.15) is 0 Å². The third-order valence-corrected chi connectivity index (χ3v) is 4.60. The number of unbranched alkanes of at least 4 members (excludes halogenated alkanes) is 14. The van der Waals surface area contributed by atoms with E-state index >= 15 is 0 Å². The highest BCUT2D eigenvalue weighted by Crippen LogP contribution is 2.13. The van der Waals surface area contributed by atoms with Gasteiger partial charge in [-0.05, 0) is 6.42 Å². The van der Waals surface area contributed by atoms with Crippen LogP contribution in [0.4, 0.5) is 0 Å². The summed E-state index contributed by atoms with van der Waals surface area (Å²) in [7, 11) is 0. The fourth-order valence-electron chi connectivity index (χ4n) is 2.97. The number of hydrogen-bond donors (Lipinski definition) is 0. The normalized spacial score (nSPS) is 9.86. The minimum atomic E-state index is -0.264. The molecular weight excluding hydrogens is 364 g/mol. The van der Waals surface area contributed by atoms with E-state index in [1.54, 1.807) is 0 Å². The van der Waals surface area contributed by atoms with Gasteiger partial charge in [-0.3, -0.25) is 9.59 Å². The Balaban J connectivity index is 0. The summed E-state index contributed by atoms with van der Waals surface area (Å²) in [5, 5.41) is 0. The molecule has 0 aliphatic rings. The van der Waals surface area contributed by atoms with Gasteiger partial charge < -0.3 is 9.47 Å². The van der Waals surface area contributed by atoms with Gasteiger partial charge >= 0.3 is 11.9 Å². The lowest BCUT2D eigenvalue weighted by Crippen LogP contribution is -1.98. The lowest BCUT2D eigenvalue weighted by atomic mass is 10.0. The summed E-state index contributed by atoms with van der Waals surface area (Å²) in [4.78, 5) is 21.0. The van der Waals surface area contributed by atoms with Gasteiger partial charge in [0.2, 0.25) is 0 Å². The smallest absolute Gasteiger partial charge is 0.310 e. The van der Waals surface area contributed by atoms with Crippen molar-refractivity contribution in [2.24, 2.45) is 0 Å². The van der Waals surface area contributed by atoms with Crippen LogP contribution in [0.2, 0.25) is 0 Å². The molecule has 0 aromatic rings. The Morgan fingerprint density at radius 2 is 1.14 bits per heavy atom. The maximum Gasteiger partial charge on any atom is 0.310 e. The fourth-order valence-corrected chi connectivity index (χ4v) is 2.97. The monoisotopic (exact) mass is 410 g/mol. The van der Waals surface area contributed by atoms with E-state index in [9.17, 15) is 9.59 Å². The Kier molecular flexibility index (Phi) is 27.0. The highest BCUT2D eigenvalue weighted by atomic mass is 16.5. The molecule has 0 heterocycles.